The lowest BCUT2D eigenvalue weighted by molar-refractivity contribution is 0.270. The molecule has 2 N–H and O–H groups in total. The molecule has 0 saturated carbocycles. The van der Waals surface area contributed by atoms with Gasteiger partial charge in [0.1, 0.15) is 23.7 Å². The molecule has 0 saturated heterocycles. The maximum atomic E-state index is 5.73. The zero-order valence-electron chi connectivity index (χ0n) is 17.2. The Kier molecular flexibility index (Phi) is 5.99. The molecular formula is C21H20N6O3S2. The van der Waals surface area contributed by atoms with E-state index in [9.17, 15) is 0 Å². The summed E-state index contributed by atoms with van der Waals surface area (Å²) in [5.74, 6) is 2.54. The van der Waals surface area contributed by atoms with Gasteiger partial charge in [-0.25, -0.2) is 9.97 Å². The van der Waals surface area contributed by atoms with Crippen LogP contribution in [0.25, 0.3) is 22.2 Å². The molecule has 9 nitrogen and oxygen atoms in total. The van der Waals surface area contributed by atoms with Gasteiger partial charge < -0.3 is 24.6 Å². The van der Waals surface area contributed by atoms with Crippen molar-refractivity contribution in [1.29, 1.82) is 0 Å². The SMILES string of the molecule is COc1ccc(COc2cc(-c3nc(-c4csc(NC5=NCCCN5)n4)cs3)on2)cc1. The number of nitrogens with one attached hydrogen (secondary N) is 2. The number of anilines is 1. The summed E-state index contributed by atoms with van der Waals surface area (Å²) >= 11 is 2.98. The number of hydrogen-bond donors (Lipinski definition) is 2. The van der Waals surface area contributed by atoms with Crippen LogP contribution in [0.1, 0.15) is 12.0 Å². The Labute approximate surface area is 192 Å². The van der Waals surface area contributed by atoms with Crippen molar-refractivity contribution in [2.45, 2.75) is 13.0 Å². The van der Waals surface area contributed by atoms with Gasteiger partial charge in [0.2, 0.25) is 0 Å². The molecule has 1 aliphatic heterocycles. The molecule has 32 heavy (non-hydrogen) atoms. The molecule has 0 unspecified atom stereocenters. The molecule has 1 aromatic carbocycles. The van der Waals surface area contributed by atoms with Crippen LogP contribution in [0, 0.1) is 0 Å². The second-order valence-electron chi connectivity index (χ2n) is 6.88. The van der Waals surface area contributed by atoms with Crippen LogP contribution in [0.5, 0.6) is 11.6 Å². The van der Waals surface area contributed by atoms with E-state index in [1.807, 2.05) is 35.0 Å². The van der Waals surface area contributed by atoms with Gasteiger partial charge in [-0.3, -0.25) is 4.99 Å². The lowest BCUT2D eigenvalue weighted by Crippen LogP contribution is -2.35. The first-order valence-corrected chi connectivity index (χ1v) is 11.7. The van der Waals surface area contributed by atoms with E-state index in [4.69, 9.17) is 14.0 Å². The number of methoxy groups -OCH3 is 1. The van der Waals surface area contributed by atoms with Gasteiger partial charge in [-0.1, -0.05) is 12.1 Å². The lowest BCUT2D eigenvalue weighted by atomic mass is 10.2. The van der Waals surface area contributed by atoms with E-state index in [1.165, 1.54) is 22.7 Å². The van der Waals surface area contributed by atoms with Gasteiger partial charge in [-0.2, -0.15) is 0 Å². The van der Waals surface area contributed by atoms with Gasteiger partial charge in [0.25, 0.3) is 5.88 Å². The fourth-order valence-corrected chi connectivity index (χ4v) is 4.44. The highest BCUT2D eigenvalue weighted by Crippen LogP contribution is 2.32. The van der Waals surface area contributed by atoms with Crippen LogP contribution in [0.15, 0.2) is 50.6 Å². The summed E-state index contributed by atoms with van der Waals surface area (Å²) in [5.41, 5.74) is 2.59. The molecule has 0 atom stereocenters. The van der Waals surface area contributed by atoms with E-state index in [0.29, 0.717) is 23.3 Å². The monoisotopic (exact) mass is 468 g/mol. The molecule has 4 aromatic rings. The minimum absolute atomic E-state index is 0.383. The first-order valence-electron chi connectivity index (χ1n) is 9.96. The second kappa shape index (κ2) is 9.37. The Morgan fingerprint density at radius 3 is 2.78 bits per heavy atom. The van der Waals surface area contributed by atoms with Gasteiger partial charge in [0.05, 0.1) is 13.2 Å². The number of thiazole rings is 2. The number of aliphatic imine (C=N–C) groups is 1. The molecule has 5 rings (SSSR count). The van der Waals surface area contributed by atoms with Crippen LogP contribution in [0.4, 0.5) is 5.13 Å². The standard InChI is InChI=1S/C21H20N6O3S2/c1-28-14-5-3-13(4-6-14)10-29-18-9-17(30-27-18)19-24-15(11-31-19)16-12-32-21(25-16)26-20-22-7-2-8-23-20/h3-6,9,11-12H,2,7-8,10H2,1H3,(H2,22,23,25,26). The van der Waals surface area contributed by atoms with Crippen LogP contribution >= 0.6 is 22.7 Å². The number of ether oxygens (including phenoxy) is 2. The van der Waals surface area contributed by atoms with E-state index in [-0.39, 0.29) is 0 Å². The molecule has 4 heterocycles. The van der Waals surface area contributed by atoms with Crippen molar-refractivity contribution < 1.29 is 14.0 Å². The second-order valence-corrected chi connectivity index (χ2v) is 8.59. The predicted octanol–water partition coefficient (Wildman–Crippen LogP) is 4.27. The molecule has 0 spiro atoms. The number of guanidine groups is 1. The zero-order chi connectivity index (χ0) is 21.8. The number of rotatable bonds is 7. The van der Waals surface area contributed by atoms with Gasteiger partial charge >= 0.3 is 0 Å². The molecule has 0 radical (unpaired) electrons. The van der Waals surface area contributed by atoms with Crippen molar-refractivity contribution in [3.05, 3.63) is 46.7 Å². The third-order valence-corrected chi connectivity index (χ3v) is 6.25. The zero-order valence-corrected chi connectivity index (χ0v) is 18.8. The van der Waals surface area contributed by atoms with Crippen molar-refractivity contribution in [1.82, 2.24) is 20.4 Å². The fraction of sp³-hybridized carbons (Fsp3) is 0.238. The molecule has 3 aromatic heterocycles. The maximum absolute atomic E-state index is 5.73. The van der Waals surface area contributed by atoms with E-state index in [1.54, 1.807) is 13.2 Å². The summed E-state index contributed by atoms with van der Waals surface area (Å²) in [7, 11) is 1.64. The highest BCUT2D eigenvalue weighted by molar-refractivity contribution is 7.14. The Morgan fingerprint density at radius 1 is 1.12 bits per heavy atom. The Balaban J connectivity index is 1.22. The largest absolute Gasteiger partial charge is 0.497 e. The van der Waals surface area contributed by atoms with Gasteiger partial charge in [-0.05, 0) is 29.3 Å². The van der Waals surface area contributed by atoms with Crippen LogP contribution in [0.2, 0.25) is 0 Å². The quantitative estimate of drug-likeness (QED) is 0.414. The van der Waals surface area contributed by atoms with Crippen LogP contribution in [-0.4, -0.2) is 41.3 Å². The van der Waals surface area contributed by atoms with E-state index < -0.39 is 0 Å². The number of hydrogen-bond acceptors (Lipinski definition) is 11. The van der Waals surface area contributed by atoms with Crippen molar-refractivity contribution in [2.24, 2.45) is 4.99 Å². The Morgan fingerprint density at radius 2 is 1.97 bits per heavy atom. The minimum Gasteiger partial charge on any atom is -0.497 e. The van der Waals surface area contributed by atoms with Crippen molar-refractivity contribution in [3.8, 4) is 33.8 Å². The molecular weight excluding hydrogens is 448 g/mol. The summed E-state index contributed by atoms with van der Waals surface area (Å²) in [5, 5.41) is 15.8. The average molecular weight is 469 g/mol. The Hall–Kier alpha value is -3.44. The topological polar surface area (TPSA) is 107 Å². The molecule has 11 heteroatoms. The van der Waals surface area contributed by atoms with Crippen molar-refractivity contribution >= 4 is 33.8 Å². The summed E-state index contributed by atoms with van der Waals surface area (Å²) in [6, 6.07) is 9.42. The van der Waals surface area contributed by atoms with Gasteiger partial charge in [-0.15, -0.1) is 22.7 Å². The lowest BCUT2D eigenvalue weighted by Gasteiger charge is -2.13. The molecule has 164 valence electrons. The van der Waals surface area contributed by atoms with Crippen molar-refractivity contribution in [3.63, 3.8) is 0 Å². The van der Waals surface area contributed by atoms with Crippen molar-refractivity contribution in [2.75, 3.05) is 25.5 Å². The summed E-state index contributed by atoms with van der Waals surface area (Å²) in [6.45, 7) is 2.13. The summed E-state index contributed by atoms with van der Waals surface area (Å²) < 4.78 is 16.3. The van der Waals surface area contributed by atoms with Gasteiger partial charge in [0, 0.05) is 23.8 Å². The maximum Gasteiger partial charge on any atom is 0.255 e. The molecule has 0 bridgehead atoms. The first-order chi connectivity index (χ1) is 15.8. The third kappa shape index (κ3) is 4.73. The van der Waals surface area contributed by atoms with E-state index in [0.717, 1.165) is 53.3 Å². The van der Waals surface area contributed by atoms with Crippen LogP contribution in [-0.2, 0) is 6.61 Å². The van der Waals surface area contributed by atoms with Crippen LogP contribution in [0.3, 0.4) is 0 Å². The number of aromatic nitrogens is 3. The minimum atomic E-state index is 0.383. The van der Waals surface area contributed by atoms with E-state index >= 15 is 0 Å². The predicted molar refractivity (Wildman–Crippen MR) is 125 cm³/mol. The summed E-state index contributed by atoms with van der Waals surface area (Å²) in [4.78, 5) is 13.7. The third-order valence-electron chi connectivity index (χ3n) is 4.64. The van der Waals surface area contributed by atoms with Gasteiger partial charge in [0.15, 0.2) is 21.9 Å². The number of nitrogens with zero attached hydrogens (tertiary/aromatic N) is 4. The number of benzene rings is 1. The molecule has 1 aliphatic rings. The Bertz CT molecular complexity index is 1210. The van der Waals surface area contributed by atoms with E-state index in [2.05, 4.69) is 30.8 Å². The summed E-state index contributed by atoms with van der Waals surface area (Å²) in [6.07, 6.45) is 1.05. The highest BCUT2D eigenvalue weighted by Gasteiger charge is 2.15. The van der Waals surface area contributed by atoms with Crippen LogP contribution < -0.4 is 20.1 Å². The normalized spacial score (nSPS) is 13.3. The fourth-order valence-electron chi connectivity index (χ4n) is 2.98. The average Bonchev–Trinajstić information content (AvgIpc) is 3.59. The molecule has 0 fully saturated rings. The highest BCUT2D eigenvalue weighted by atomic mass is 32.1. The smallest absolute Gasteiger partial charge is 0.255 e. The molecule has 0 amide bonds. The first kappa shape index (κ1) is 20.5. The molecule has 0 aliphatic carbocycles.